The Morgan fingerprint density at radius 1 is 0.720 bits per heavy atom. The second kappa shape index (κ2) is 14.2. The van der Waals surface area contributed by atoms with Crippen LogP contribution in [0.5, 0.6) is 0 Å². The molecule has 0 spiro atoms. The Bertz CT molecular complexity index is 294. The van der Waals surface area contributed by atoms with Crippen molar-refractivity contribution in [3.63, 3.8) is 0 Å². The van der Waals surface area contributed by atoms with Crippen molar-refractivity contribution in [3.8, 4) is 0 Å². The number of rotatable bonds is 3. The van der Waals surface area contributed by atoms with Crippen molar-refractivity contribution in [1.29, 1.82) is 0 Å². The quantitative estimate of drug-likeness (QED) is 0.300. The maximum absolute atomic E-state index is 4.93. The fourth-order valence-electron chi connectivity index (χ4n) is 4.55. The first-order valence-electron chi connectivity index (χ1n) is 9.90. The first-order chi connectivity index (χ1) is 11.8. The monoisotopic (exact) mass is 490 g/mol. The van der Waals surface area contributed by atoms with Crippen LogP contribution in [0.25, 0.3) is 0 Å². The topological polar surface area (TPSA) is 12.8 Å². The van der Waals surface area contributed by atoms with Gasteiger partial charge in [0.2, 0.25) is 0 Å². The van der Waals surface area contributed by atoms with Crippen molar-refractivity contribution in [1.82, 2.24) is 0 Å². The van der Waals surface area contributed by atoms with Crippen LogP contribution in [-0.4, -0.2) is 52.9 Å². The molecule has 1 N–H and O–H groups in total. The van der Waals surface area contributed by atoms with E-state index in [0.29, 0.717) is 0 Å². The second-order valence-corrected chi connectivity index (χ2v) is 21.5. The average molecular weight is 492 g/mol. The second-order valence-electron chi connectivity index (χ2n) is 7.96. The fraction of sp³-hybridized carbons (Fsp3) is 1.00. The molecule has 0 amide bonds. The van der Waals surface area contributed by atoms with Gasteiger partial charge in [-0.2, -0.15) is 0 Å². The predicted octanol–water partition coefficient (Wildman–Crippen LogP) is 6.93. The van der Waals surface area contributed by atoms with Gasteiger partial charge in [0.25, 0.3) is 0 Å². The molecule has 0 radical (unpaired) electrons. The van der Waals surface area contributed by atoms with Crippen LogP contribution in [0.2, 0.25) is 0 Å². The Kier molecular flexibility index (Phi) is 14.4. The van der Waals surface area contributed by atoms with Crippen LogP contribution in [0.4, 0.5) is 0 Å². The van der Waals surface area contributed by atoms with Gasteiger partial charge >= 0.3 is 41.5 Å². The van der Waals surface area contributed by atoms with Crippen molar-refractivity contribution in [2.45, 2.75) is 88.9 Å². The number of hydrogen-bond donors (Lipinski definition) is 0. The van der Waals surface area contributed by atoms with Crippen LogP contribution in [0.1, 0.15) is 66.2 Å². The molecule has 0 bridgehead atoms. The summed E-state index contributed by atoms with van der Waals surface area (Å²) >= 11 is -1.62. The van der Waals surface area contributed by atoms with E-state index in [4.69, 9.17) is 30.1 Å². The Balaban J connectivity index is 0.000000285. The van der Waals surface area contributed by atoms with E-state index in [0.717, 1.165) is 35.8 Å². The van der Waals surface area contributed by atoms with Crippen molar-refractivity contribution in [3.05, 3.63) is 0 Å². The van der Waals surface area contributed by atoms with E-state index in [-0.39, 0.29) is 15.8 Å². The Labute approximate surface area is 175 Å². The third-order valence-electron chi connectivity index (χ3n) is 6.18. The van der Waals surface area contributed by atoms with Gasteiger partial charge in [0.05, 0.1) is 35.0 Å². The summed E-state index contributed by atoms with van der Waals surface area (Å²) in [6.07, 6.45) is 12.2. The van der Waals surface area contributed by atoms with Crippen molar-refractivity contribution in [2.24, 2.45) is 0 Å². The van der Waals surface area contributed by atoms with E-state index in [1.165, 1.54) is 12.8 Å². The molecular formula is C18H39Cl3CrOP2+3. The first kappa shape index (κ1) is 25.3. The maximum atomic E-state index is 4.93. The van der Waals surface area contributed by atoms with E-state index in [2.05, 4.69) is 32.4 Å². The molecule has 4 atom stereocenters. The third kappa shape index (κ3) is 10.5. The molecule has 0 saturated carbocycles. The SMILES string of the molecule is C1CC[OH+]C1.C[C@@H]1CC[C@@H](C)[PH+]1CC[PH+]1[C@H](C)CC[C@H]1C.[Cl][Cr]([Cl])[Cl]. The summed E-state index contributed by atoms with van der Waals surface area (Å²) in [6, 6.07) is 0. The van der Waals surface area contributed by atoms with E-state index >= 15 is 0 Å². The van der Waals surface area contributed by atoms with E-state index in [1.807, 2.05) is 0 Å². The molecule has 151 valence electrons. The van der Waals surface area contributed by atoms with Gasteiger partial charge in [0, 0.05) is 28.7 Å². The van der Waals surface area contributed by atoms with E-state index in [1.54, 1.807) is 38.0 Å². The summed E-state index contributed by atoms with van der Waals surface area (Å²) in [7, 11) is 14.8. The molecule has 0 aromatic rings. The normalized spacial score (nSPS) is 33.1. The van der Waals surface area contributed by atoms with Gasteiger partial charge in [-0.1, -0.05) is 0 Å². The summed E-state index contributed by atoms with van der Waals surface area (Å²) in [5, 5.41) is 0. The molecule has 25 heavy (non-hydrogen) atoms. The molecule has 0 aromatic carbocycles. The molecule has 1 nitrogen and oxygen atoms in total. The Hall–Kier alpha value is 2.22. The molecule has 3 fully saturated rings. The van der Waals surface area contributed by atoms with Gasteiger partial charge in [-0.3, -0.25) is 0 Å². The zero-order valence-corrected chi connectivity index (χ0v) is 21.9. The van der Waals surface area contributed by atoms with E-state index in [9.17, 15) is 0 Å². The average Bonchev–Trinajstić information content (AvgIpc) is 3.26. The van der Waals surface area contributed by atoms with Crippen LogP contribution >= 0.6 is 46.0 Å². The predicted molar refractivity (Wildman–Crippen MR) is 121 cm³/mol. The van der Waals surface area contributed by atoms with Gasteiger partial charge in [-0.05, 0) is 53.4 Å². The van der Waals surface area contributed by atoms with Crippen LogP contribution in [0.3, 0.4) is 0 Å². The summed E-state index contributed by atoms with van der Waals surface area (Å²) < 4.78 is 4.08. The molecular weight excluding hydrogens is 452 g/mol. The van der Waals surface area contributed by atoms with Crippen LogP contribution in [0.15, 0.2) is 0 Å². The van der Waals surface area contributed by atoms with Gasteiger partial charge in [-0.25, -0.2) is 0 Å². The Morgan fingerprint density at radius 3 is 1.20 bits per heavy atom. The number of aliphatic hydroxyl groups is 2. The fourth-order valence-corrected chi connectivity index (χ4v) is 12.9. The van der Waals surface area contributed by atoms with Gasteiger partial charge in [0.1, 0.15) is 13.2 Å². The molecule has 3 rings (SSSR count). The van der Waals surface area contributed by atoms with Crippen LogP contribution in [0, 0.1) is 0 Å². The molecule has 3 aliphatic heterocycles. The number of halogens is 3. The van der Waals surface area contributed by atoms with Gasteiger partial charge < -0.3 is 4.74 Å². The van der Waals surface area contributed by atoms with E-state index < -0.39 is 11.4 Å². The number of hydrogen-bond acceptors (Lipinski definition) is 0. The van der Waals surface area contributed by atoms with Crippen molar-refractivity contribution in [2.75, 3.05) is 25.5 Å². The van der Waals surface area contributed by atoms with Crippen LogP contribution < -0.4 is 0 Å². The molecule has 3 heterocycles. The standard InChI is InChI=1S/C14H28P2.C4H8O.3ClH.Cr/c1-11-5-6-12(2)15(11)9-10-16-13(3)7-8-14(16)4;1-2-4-5-3-1;;;;/h11-14H,5-10H2,1-4H3;1-4H2;3*1H;/q;;;;;+3/t11-,12-,13-,14-;;;;;/m1...../s1. The minimum atomic E-state index is -1.62. The molecule has 0 aromatic heterocycles. The Morgan fingerprint density at radius 2 is 1.00 bits per heavy atom. The summed E-state index contributed by atoms with van der Waals surface area (Å²) in [5.74, 6) is 0. The van der Waals surface area contributed by atoms with Crippen LogP contribution in [-0.2, 0) is 11.4 Å². The molecule has 3 aliphatic rings. The first-order valence-corrected chi connectivity index (χ1v) is 18.9. The summed E-state index contributed by atoms with van der Waals surface area (Å²) in [5.41, 5.74) is 4.48. The van der Waals surface area contributed by atoms with Crippen molar-refractivity contribution >= 4 is 46.0 Å². The van der Waals surface area contributed by atoms with Gasteiger partial charge in [0.15, 0.2) is 0 Å². The minimum absolute atomic E-state index is 0.0245. The molecule has 7 heteroatoms. The third-order valence-corrected chi connectivity index (χ3v) is 14.6. The zero-order chi connectivity index (χ0) is 18.8. The molecule has 0 aliphatic carbocycles. The molecule has 0 unspecified atom stereocenters. The zero-order valence-electron chi connectivity index (χ0n) is 16.4. The summed E-state index contributed by atoms with van der Waals surface area (Å²) in [4.78, 5) is 0. The molecule has 3 saturated heterocycles. The van der Waals surface area contributed by atoms with Crippen molar-refractivity contribution < 1.29 is 16.1 Å². The number of ether oxygens (including phenoxy) is 1. The summed E-state index contributed by atoms with van der Waals surface area (Å²) in [6.45, 7) is 12.4. The van der Waals surface area contributed by atoms with Gasteiger partial charge in [-0.15, -0.1) is 0 Å².